The van der Waals surface area contributed by atoms with E-state index in [1.165, 1.54) is 108 Å². The van der Waals surface area contributed by atoms with Crippen LogP contribution >= 0.6 is 11.3 Å². The molecular weight excluding hydrogens is 815 g/mol. The summed E-state index contributed by atoms with van der Waals surface area (Å²) >= 11 is 1.93. The van der Waals surface area contributed by atoms with Crippen LogP contribution in [0.3, 0.4) is 0 Å². The van der Waals surface area contributed by atoms with Gasteiger partial charge < -0.3 is 4.90 Å². The predicted octanol–water partition coefficient (Wildman–Crippen LogP) is 17.9. The number of anilines is 3. The van der Waals surface area contributed by atoms with Crippen LogP contribution in [0.15, 0.2) is 212 Å². The van der Waals surface area contributed by atoms with Gasteiger partial charge in [-0.25, -0.2) is 0 Å². The van der Waals surface area contributed by atoms with Gasteiger partial charge in [-0.05, 0) is 171 Å². The summed E-state index contributed by atoms with van der Waals surface area (Å²) in [7, 11) is 0. The van der Waals surface area contributed by atoms with Crippen LogP contribution in [0.1, 0.15) is 43.2 Å². The molecule has 4 saturated carbocycles. The molecule has 0 unspecified atom stereocenters. The lowest BCUT2D eigenvalue weighted by molar-refractivity contribution is -0.0397. The lowest BCUT2D eigenvalue weighted by atomic mass is 9.42. The fourth-order valence-corrected chi connectivity index (χ4v) is 14.9. The van der Waals surface area contributed by atoms with Crippen molar-refractivity contribution in [3.63, 3.8) is 0 Å². The van der Waals surface area contributed by atoms with E-state index in [1.807, 2.05) is 11.3 Å². The van der Waals surface area contributed by atoms with Gasteiger partial charge in [-0.3, -0.25) is 0 Å². The Morgan fingerprint density at radius 2 is 0.909 bits per heavy atom. The molecule has 0 N–H and O–H groups in total. The molecule has 1 aromatic heterocycles. The average molecular weight is 864 g/mol. The largest absolute Gasteiger partial charge is 0.310 e. The van der Waals surface area contributed by atoms with E-state index in [1.54, 1.807) is 11.1 Å². The van der Waals surface area contributed by atoms with Gasteiger partial charge >= 0.3 is 0 Å². The third kappa shape index (κ3) is 5.84. The molecule has 0 atom stereocenters. The van der Waals surface area contributed by atoms with Crippen LogP contribution in [0.4, 0.5) is 17.1 Å². The maximum absolute atomic E-state index is 2.52. The second-order valence-corrected chi connectivity index (χ2v) is 20.7. The van der Waals surface area contributed by atoms with Gasteiger partial charge in [-0.1, -0.05) is 164 Å². The molecule has 1 spiro atoms. The number of hydrogen-bond donors (Lipinski definition) is 0. The van der Waals surface area contributed by atoms with Crippen molar-refractivity contribution in [3.05, 3.63) is 223 Å². The zero-order valence-corrected chi connectivity index (χ0v) is 37.7. The van der Waals surface area contributed by atoms with Gasteiger partial charge in [-0.15, -0.1) is 11.3 Å². The molecule has 5 aliphatic carbocycles. The zero-order valence-electron chi connectivity index (χ0n) is 36.9. The summed E-state index contributed by atoms with van der Waals surface area (Å²) in [5, 5.41) is 2.63. The summed E-state index contributed by atoms with van der Waals surface area (Å²) in [4.78, 5) is 2.45. The average Bonchev–Trinajstić information content (AvgIpc) is 3.89. The number of thiophene rings is 1. The van der Waals surface area contributed by atoms with Crippen LogP contribution < -0.4 is 4.90 Å². The van der Waals surface area contributed by atoms with Gasteiger partial charge in [0, 0.05) is 42.6 Å². The van der Waals surface area contributed by atoms with Crippen molar-refractivity contribution >= 4 is 48.6 Å². The molecule has 5 aliphatic rings. The molecule has 15 rings (SSSR count). The Balaban J connectivity index is 0.908. The Bertz CT molecular complexity index is 3450. The number of benzene rings is 9. The molecule has 0 aliphatic heterocycles. The van der Waals surface area contributed by atoms with Gasteiger partial charge in [0.15, 0.2) is 0 Å². The minimum Gasteiger partial charge on any atom is -0.310 e. The van der Waals surface area contributed by atoms with E-state index in [-0.39, 0.29) is 5.41 Å². The van der Waals surface area contributed by atoms with Crippen molar-refractivity contribution in [2.24, 2.45) is 23.7 Å². The SMILES string of the molecule is c1ccc(-c2ccc(N(c3ccc(-c4ccccc4)c(-c4ccccc4)c3)c3ccc4sc5cc(-c6cccc7c6C6(c8ccccc8-7)C7CC8CC(C7)CC6C8)ccc5c4c3)cc2)cc1. The van der Waals surface area contributed by atoms with Crippen LogP contribution in [-0.2, 0) is 5.41 Å². The monoisotopic (exact) mass is 863 g/mol. The van der Waals surface area contributed by atoms with Crippen molar-refractivity contribution in [1.82, 2.24) is 0 Å². The first-order valence-electron chi connectivity index (χ1n) is 24.1. The Morgan fingerprint density at radius 3 is 1.64 bits per heavy atom. The van der Waals surface area contributed by atoms with Crippen molar-refractivity contribution in [3.8, 4) is 55.6 Å². The van der Waals surface area contributed by atoms with Gasteiger partial charge in [-0.2, -0.15) is 0 Å². The first-order valence-corrected chi connectivity index (χ1v) is 24.9. The van der Waals surface area contributed by atoms with Gasteiger partial charge in [0.25, 0.3) is 0 Å². The van der Waals surface area contributed by atoms with Crippen molar-refractivity contribution in [1.29, 1.82) is 0 Å². The highest BCUT2D eigenvalue weighted by Crippen LogP contribution is 2.70. The first kappa shape index (κ1) is 38.3. The summed E-state index contributed by atoms with van der Waals surface area (Å²) in [6, 6.07) is 79.7. The molecule has 0 amide bonds. The summed E-state index contributed by atoms with van der Waals surface area (Å²) in [5.41, 5.74) is 19.9. The summed E-state index contributed by atoms with van der Waals surface area (Å²) in [5.74, 6) is 3.31. The molecule has 316 valence electrons. The highest BCUT2D eigenvalue weighted by molar-refractivity contribution is 7.25. The van der Waals surface area contributed by atoms with Crippen molar-refractivity contribution in [2.45, 2.75) is 37.5 Å². The number of hydrogen-bond acceptors (Lipinski definition) is 2. The highest BCUT2D eigenvalue weighted by atomic mass is 32.1. The second kappa shape index (κ2) is 15.0. The van der Waals surface area contributed by atoms with E-state index in [4.69, 9.17) is 0 Å². The van der Waals surface area contributed by atoms with Gasteiger partial charge in [0.1, 0.15) is 0 Å². The standard InChI is InChI=1S/C64H49NS/c1-4-13-43(14-5-1)44-23-26-50(27-24-44)65(51-28-31-53(45-15-6-2-7-16-45)58(39-51)46-17-8-3-9-18-46)52-29-32-61-59(40-52)56-30-25-47(38-62(56)66-61)54-20-12-21-57-55-19-10-11-22-60(55)64(63(54)57)48-34-41-33-42(36-48)37-49(64)35-41/h1-32,38-42,48-49H,33-37H2. The molecule has 1 heterocycles. The number of fused-ring (bicyclic) bond motifs is 6. The maximum Gasteiger partial charge on any atom is 0.0468 e. The Labute approximate surface area is 391 Å². The lowest BCUT2D eigenvalue weighted by Gasteiger charge is -2.61. The van der Waals surface area contributed by atoms with E-state index in [9.17, 15) is 0 Å². The van der Waals surface area contributed by atoms with E-state index in [0.29, 0.717) is 0 Å². The molecule has 10 aromatic rings. The summed E-state index contributed by atoms with van der Waals surface area (Å²) < 4.78 is 2.67. The van der Waals surface area contributed by atoms with E-state index in [2.05, 4.69) is 217 Å². The smallest absolute Gasteiger partial charge is 0.0468 e. The molecule has 4 fully saturated rings. The van der Waals surface area contributed by atoms with E-state index >= 15 is 0 Å². The summed E-state index contributed by atoms with van der Waals surface area (Å²) in [6.07, 6.45) is 7.05. The Morgan fingerprint density at radius 1 is 0.348 bits per heavy atom. The number of rotatable bonds is 7. The number of nitrogens with zero attached hydrogens (tertiary/aromatic N) is 1. The predicted molar refractivity (Wildman–Crippen MR) is 279 cm³/mol. The molecule has 4 bridgehead atoms. The van der Waals surface area contributed by atoms with E-state index < -0.39 is 0 Å². The minimum atomic E-state index is 0.127. The fraction of sp³-hybridized carbons (Fsp3) is 0.156. The van der Waals surface area contributed by atoms with Gasteiger partial charge in [0.2, 0.25) is 0 Å². The second-order valence-electron chi connectivity index (χ2n) is 19.7. The topological polar surface area (TPSA) is 3.24 Å². The molecular formula is C64H49NS. The third-order valence-corrected chi connectivity index (χ3v) is 17.4. The van der Waals surface area contributed by atoms with Crippen molar-refractivity contribution in [2.75, 3.05) is 4.90 Å². The molecule has 0 saturated heterocycles. The lowest BCUT2D eigenvalue weighted by Crippen LogP contribution is -2.55. The Hall–Kier alpha value is -7.00. The van der Waals surface area contributed by atoms with Crippen LogP contribution in [-0.4, -0.2) is 0 Å². The van der Waals surface area contributed by atoms with Crippen LogP contribution in [0.5, 0.6) is 0 Å². The van der Waals surface area contributed by atoms with E-state index in [0.717, 1.165) is 40.7 Å². The molecule has 0 radical (unpaired) electrons. The highest BCUT2D eigenvalue weighted by Gasteiger charge is 2.62. The van der Waals surface area contributed by atoms with Crippen LogP contribution in [0.2, 0.25) is 0 Å². The quantitative estimate of drug-likeness (QED) is 0.154. The molecule has 66 heavy (non-hydrogen) atoms. The molecule has 9 aromatic carbocycles. The first-order chi connectivity index (χ1) is 32.7. The zero-order chi connectivity index (χ0) is 43.3. The normalized spacial score (nSPS) is 21.1. The third-order valence-electron chi connectivity index (χ3n) is 16.3. The fourth-order valence-electron chi connectivity index (χ4n) is 13.8. The molecule has 1 nitrogen and oxygen atoms in total. The summed E-state index contributed by atoms with van der Waals surface area (Å²) in [6.45, 7) is 0. The Kier molecular flexibility index (Phi) is 8.71. The van der Waals surface area contributed by atoms with Gasteiger partial charge in [0.05, 0.1) is 0 Å². The van der Waals surface area contributed by atoms with Crippen LogP contribution in [0.25, 0.3) is 75.8 Å². The maximum atomic E-state index is 2.52. The minimum absolute atomic E-state index is 0.127. The van der Waals surface area contributed by atoms with Crippen LogP contribution in [0, 0.1) is 23.7 Å². The van der Waals surface area contributed by atoms with Crippen molar-refractivity contribution < 1.29 is 0 Å². The molecule has 2 heteroatoms.